The first kappa shape index (κ1) is 35.9. The second-order valence-electron chi connectivity index (χ2n) is 15.6. The van der Waals surface area contributed by atoms with Crippen molar-refractivity contribution < 1.29 is 46.1 Å². The van der Waals surface area contributed by atoms with Crippen LogP contribution in [0.25, 0.3) is 11.1 Å². The van der Waals surface area contributed by atoms with Crippen LogP contribution in [0.5, 0.6) is 0 Å². The second kappa shape index (κ2) is 13.1. The van der Waals surface area contributed by atoms with Crippen molar-refractivity contribution in [3.05, 3.63) is 109 Å². The Morgan fingerprint density at radius 2 is 1.35 bits per heavy atom. The van der Waals surface area contributed by atoms with Gasteiger partial charge in [0.05, 0.1) is 0 Å². The van der Waals surface area contributed by atoms with Gasteiger partial charge >= 0.3 is 260 Å². The van der Waals surface area contributed by atoms with Crippen LogP contribution in [0.3, 0.4) is 0 Å². The van der Waals surface area contributed by atoms with E-state index in [1.165, 1.54) is 50.9 Å². The van der Waals surface area contributed by atoms with E-state index in [0.29, 0.717) is 5.92 Å². The molecule has 0 amide bonds. The Balaban J connectivity index is 0.00000253. The van der Waals surface area contributed by atoms with E-state index in [0.717, 1.165) is 6.42 Å². The quantitative estimate of drug-likeness (QED) is 0.302. The molecule has 3 heteroatoms. The molecule has 0 fully saturated rings. The summed E-state index contributed by atoms with van der Waals surface area (Å²) in [4.78, 5) is 0. The molecule has 2 aliphatic carbocycles. The zero-order chi connectivity index (χ0) is 29.9. The van der Waals surface area contributed by atoms with Crippen molar-refractivity contribution in [1.29, 1.82) is 0 Å². The smallest absolute Gasteiger partial charge is 1.00 e. The minimum Gasteiger partial charge on any atom is -1.00 e. The summed E-state index contributed by atoms with van der Waals surface area (Å²) in [5.41, 5.74) is 13.6. The molecule has 0 saturated carbocycles. The van der Waals surface area contributed by atoms with Crippen LogP contribution < -0.4 is 28.1 Å². The number of rotatable bonds is 4. The van der Waals surface area contributed by atoms with Crippen molar-refractivity contribution >= 4 is 6.98 Å². The van der Waals surface area contributed by atoms with Crippen LogP contribution in [-0.4, -0.2) is 3.71 Å². The van der Waals surface area contributed by atoms with Gasteiger partial charge in [-0.1, -0.05) is 0 Å². The number of hydrogen-bond acceptors (Lipinski definition) is 0. The zero-order valence-corrected chi connectivity index (χ0v) is 32.1. The van der Waals surface area contributed by atoms with E-state index in [1.807, 2.05) is 0 Å². The molecule has 0 nitrogen and oxygen atoms in total. The first-order valence-electron chi connectivity index (χ1n) is 15.6. The molecule has 1 unspecified atom stereocenters. The fourth-order valence-electron chi connectivity index (χ4n) is 6.27. The van der Waals surface area contributed by atoms with Crippen LogP contribution in [0.15, 0.2) is 75.6 Å². The predicted molar refractivity (Wildman–Crippen MR) is 177 cm³/mol. The van der Waals surface area contributed by atoms with Crippen molar-refractivity contribution in [2.75, 3.05) is 0 Å². The van der Waals surface area contributed by atoms with Gasteiger partial charge in [-0.15, -0.1) is 0 Å². The number of fused-ring (bicyclic) bond motifs is 3. The van der Waals surface area contributed by atoms with Crippen molar-refractivity contribution in [1.82, 2.24) is 0 Å². The van der Waals surface area contributed by atoms with Crippen LogP contribution >= 0.6 is 0 Å². The number of benzene rings is 3. The number of aryl methyl sites for hydroxylation is 1. The Bertz CT molecular complexity index is 1580. The molecule has 0 spiro atoms. The average Bonchev–Trinajstić information content (AvgIpc) is 3.48. The molecule has 1 atom stereocenters. The second-order valence-corrected chi connectivity index (χ2v) is 21.0. The summed E-state index contributed by atoms with van der Waals surface area (Å²) in [6.07, 6.45) is 7.48. The third-order valence-electron chi connectivity index (χ3n) is 9.14. The molecule has 2 aliphatic rings. The van der Waals surface area contributed by atoms with Crippen molar-refractivity contribution in [2.45, 2.75) is 99.8 Å². The maximum atomic E-state index is 2.75. The van der Waals surface area contributed by atoms with Crippen molar-refractivity contribution in [3.8, 4) is 11.1 Å². The Morgan fingerprint density at radius 3 is 1.91 bits per heavy atom. The molecule has 228 valence electrons. The summed E-state index contributed by atoms with van der Waals surface area (Å²) in [7, 11) is 0. The van der Waals surface area contributed by atoms with Crippen molar-refractivity contribution in [3.63, 3.8) is 0 Å². The number of hydrogen-bond donors (Lipinski definition) is 0. The monoisotopic (exact) mass is 690 g/mol. The Kier molecular flexibility index (Phi) is 10.9. The van der Waals surface area contributed by atoms with Gasteiger partial charge in [-0.2, -0.15) is 0 Å². The summed E-state index contributed by atoms with van der Waals surface area (Å²) in [5, 5.41) is 0. The van der Waals surface area contributed by atoms with Gasteiger partial charge in [0.25, 0.3) is 0 Å². The molecule has 5 rings (SSSR count). The first-order chi connectivity index (χ1) is 19.1. The maximum absolute atomic E-state index is 2.75. The number of allylic oxidation sites excluding steroid dienone is 4. The molecule has 43 heavy (non-hydrogen) atoms. The van der Waals surface area contributed by atoms with Crippen LogP contribution in [-0.2, 0) is 38.5 Å². The first-order valence-corrected chi connectivity index (χ1v) is 19.5. The van der Waals surface area contributed by atoms with Crippen LogP contribution in [0.4, 0.5) is 0 Å². The largest absolute Gasteiger partial charge is 1.00 e. The van der Waals surface area contributed by atoms with Gasteiger partial charge in [0.1, 0.15) is 0 Å². The zero-order valence-electron chi connectivity index (χ0n) is 28.2. The Morgan fingerprint density at radius 1 is 0.744 bits per heavy atom. The molecule has 0 radical (unpaired) electrons. The average molecular weight is 693 g/mol. The summed E-state index contributed by atoms with van der Waals surface area (Å²) < 4.78 is 6.19. The Labute approximate surface area is 282 Å². The number of halogens is 2. The topological polar surface area (TPSA) is 0 Å². The van der Waals surface area contributed by atoms with Gasteiger partial charge in [0, 0.05) is 0 Å². The van der Waals surface area contributed by atoms with Crippen LogP contribution in [0.1, 0.15) is 109 Å². The summed E-state index contributed by atoms with van der Waals surface area (Å²) in [5.74, 6) is 0.547. The van der Waals surface area contributed by atoms with E-state index in [9.17, 15) is 0 Å². The molecule has 3 aromatic rings. The van der Waals surface area contributed by atoms with Gasteiger partial charge in [0.15, 0.2) is 0 Å². The minimum atomic E-state index is -2.52. The standard InChI is InChI=1S/C21H25.C11H17.C8H8.2ClH.Zr/c1-20(2,3)16-9-7-14-11-15-8-10-17(21(4,5)6)13-19(15)18(14)12-16;1-5-9-6-7-10(8-9)11(2,3)4;1-7-3-5-8(2)6-4-7;;;/h7,9-10,12-13H,11H2,1-6H3;7-9H,5H2,1-4H3;1,3-6H,2H3;2*1H;/q;;;;;+2/p-2. The summed E-state index contributed by atoms with van der Waals surface area (Å²) in [6.45, 7) is 25.9. The molecular formula is C40H50Cl2Zr. The fraction of sp³-hybridized carbons (Fsp3) is 0.425. The molecule has 0 aromatic heterocycles. The fourth-order valence-corrected chi connectivity index (χ4v) is 13.7. The molecule has 0 heterocycles. The van der Waals surface area contributed by atoms with E-state index in [-0.39, 0.29) is 41.1 Å². The normalized spacial score (nSPS) is 16.1. The van der Waals surface area contributed by atoms with Gasteiger partial charge < -0.3 is 24.8 Å². The van der Waals surface area contributed by atoms with Crippen molar-refractivity contribution in [2.24, 2.45) is 11.3 Å². The van der Waals surface area contributed by atoms with Gasteiger partial charge in [-0.05, 0) is 0 Å². The van der Waals surface area contributed by atoms with E-state index < -0.39 is 21.3 Å². The van der Waals surface area contributed by atoms with E-state index in [1.54, 1.807) is 12.1 Å². The van der Waals surface area contributed by atoms with E-state index in [4.69, 9.17) is 0 Å². The molecule has 3 aromatic carbocycles. The van der Waals surface area contributed by atoms with Crippen LogP contribution in [0.2, 0.25) is 0 Å². The maximum Gasteiger partial charge on any atom is -1.00 e. The SMILES string of the molecule is CCC1C=C(C(C)(C)C)C=[C]1/[Zr+2](=[CH]/c1ccc(C)cc1)[c]1cc(C(C)(C)C)cc2c1Cc1ccc(C(C)(C)C)cc1-2.[Cl-].[Cl-]. The van der Waals surface area contributed by atoms with Gasteiger partial charge in [-0.25, -0.2) is 0 Å². The molecule has 0 saturated heterocycles. The third-order valence-corrected chi connectivity index (χ3v) is 16.0. The minimum absolute atomic E-state index is 0. The van der Waals surface area contributed by atoms with E-state index >= 15 is 0 Å². The molecule has 0 bridgehead atoms. The Hall–Kier alpha value is -1.53. The molecule has 0 N–H and O–H groups in total. The summed E-state index contributed by atoms with van der Waals surface area (Å²) in [6, 6.07) is 21.8. The third kappa shape index (κ3) is 7.48. The molecule has 0 aliphatic heterocycles. The van der Waals surface area contributed by atoms with Gasteiger partial charge in [0.2, 0.25) is 0 Å². The summed E-state index contributed by atoms with van der Waals surface area (Å²) >= 11 is -2.52. The molecular weight excluding hydrogens is 643 g/mol. The van der Waals surface area contributed by atoms with E-state index in [2.05, 4.69) is 147 Å². The van der Waals surface area contributed by atoms with Crippen LogP contribution in [0, 0.1) is 18.3 Å². The predicted octanol–water partition coefficient (Wildman–Crippen LogP) is 4.16. The van der Waals surface area contributed by atoms with Gasteiger partial charge in [-0.3, -0.25) is 0 Å².